The van der Waals surface area contributed by atoms with Crippen LogP contribution < -0.4 is 10.6 Å². The van der Waals surface area contributed by atoms with Gasteiger partial charge in [0.1, 0.15) is 0 Å². The molecule has 0 radical (unpaired) electrons. The number of aromatic nitrogens is 2. The van der Waals surface area contributed by atoms with Crippen molar-refractivity contribution in [2.75, 3.05) is 32.7 Å². The van der Waals surface area contributed by atoms with E-state index in [9.17, 15) is 13.2 Å². The lowest BCUT2D eigenvalue weighted by Crippen LogP contribution is -2.43. The lowest BCUT2D eigenvalue weighted by atomic mass is 9.93. The molecule has 6 nitrogen and oxygen atoms in total. The SMILES string of the molecule is CCNC(=NCCC1CCN(CC(F)(F)F)CC1)NC(C)Cc1c(C)nn(C)c1C.I. The van der Waals surface area contributed by atoms with Gasteiger partial charge in [-0.3, -0.25) is 14.6 Å². The van der Waals surface area contributed by atoms with E-state index in [1.807, 2.05) is 25.6 Å². The molecule has 1 aromatic rings. The second-order valence-corrected chi connectivity index (χ2v) is 8.41. The molecule has 31 heavy (non-hydrogen) atoms. The van der Waals surface area contributed by atoms with E-state index in [1.54, 1.807) is 0 Å². The summed E-state index contributed by atoms with van der Waals surface area (Å²) in [6.07, 6.45) is -0.705. The van der Waals surface area contributed by atoms with Crippen molar-refractivity contribution in [1.29, 1.82) is 0 Å². The Labute approximate surface area is 201 Å². The third-order valence-corrected chi connectivity index (χ3v) is 5.81. The van der Waals surface area contributed by atoms with Crippen LogP contribution in [0.4, 0.5) is 13.2 Å². The van der Waals surface area contributed by atoms with Crippen LogP contribution in [0.2, 0.25) is 0 Å². The zero-order valence-corrected chi connectivity index (χ0v) is 21.7. The maximum atomic E-state index is 12.5. The van der Waals surface area contributed by atoms with Gasteiger partial charge in [-0.1, -0.05) is 0 Å². The number of hydrogen-bond donors (Lipinski definition) is 2. The summed E-state index contributed by atoms with van der Waals surface area (Å²) < 4.78 is 39.4. The molecule has 2 heterocycles. The number of aliphatic imine (C=N–C) groups is 1. The lowest BCUT2D eigenvalue weighted by molar-refractivity contribution is -0.148. The minimum Gasteiger partial charge on any atom is -0.357 e. The zero-order valence-electron chi connectivity index (χ0n) is 19.3. The van der Waals surface area contributed by atoms with E-state index in [2.05, 4.69) is 29.6 Å². The quantitative estimate of drug-likeness (QED) is 0.290. The molecule has 0 aromatic carbocycles. The Kier molecular flexibility index (Phi) is 11.6. The number of alkyl halides is 3. The van der Waals surface area contributed by atoms with Crippen molar-refractivity contribution in [3.63, 3.8) is 0 Å². The van der Waals surface area contributed by atoms with Crippen LogP contribution in [0, 0.1) is 19.8 Å². The predicted molar refractivity (Wildman–Crippen MR) is 130 cm³/mol. The van der Waals surface area contributed by atoms with Gasteiger partial charge in [-0.25, -0.2) is 0 Å². The highest BCUT2D eigenvalue weighted by Crippen LogP contribution is 2.24. The Balaban J connectivity index is 0.00000480. The molecule has 2 rings (SSSR count). The van der Waals surface area contributed by atoms with Crippen LogP contribution in [-0.4, -0.2) is 65.6 Å². The molecular weight excluding hydrogens is 520 g/mol. The Morgan fingerprint density at radius 3 is 2.42 bits per heavy atom. The molecule has 1 fully saturated rings. The van der Waals surface area contributed by atoms with Gasteiger partial charge in [0.15, 0.2) is 5.96 Å². The van der Waals surface area contributed by atoms with Crippen molar-refractivity contribution in [2.24, 2.45) is 18.0 Å². The molecule has 1 atom stereocenters. The predicted octanol–water partition coefficient (Wildman–Crippen LogP) is 3.81. The maximum absolute atomic E-state index is 12.5. The van der Waals surface area contributed by atoms with E-state index in [4.69, 9.17) is 4.99 Å². The Bertz CT molecular complexity index is 696. The Morgan fingerprint density at radius 2 is 1.90 bits per heavy atom. The van der Waals surface area contributed by atoms with Gasteiger partial charge in [0.25, 0.3) is 0 Å². The summed E-state index contributed by atoms with van der Waals surface area (Å²) in [5.41, 5.74) is 3.50. The summed E-state index contributed by atoms with van der Waals surface area (Å²) in [4.78, 5) is 6.21. The number of likely N-dealkylation sites (tertiary alicyclic amines) is 1. The van der Waals surface area contributed by atoms with Crippen LogP contribution in [0.15, 0.2) is 4.99 Å². The largest absolute Gasteiger partial charge is 0.401 e. The smallest absolute Gasteiger partial charge is 0.357 e. The van der Waals surface area contributed by atoms with E-state index >= 15 is 0 Å². The fraction of sp³-hybridized carbons (Fsp3) is 0.810. The number of nitrogens with zero attached hydrogens (tertiary/aromatic N) is 4. The lowest BCUT2D eigenvalue weighted by Gasteiger charge is -2.32. The molecule has 0 spiro atoms. The summed E-state index contributed by atoms with van der Waals surface area (Å²) in [5, 5.41) is 11.2. The maximum Gasteiger partial charge on any atom is 0.401 e. The number of hydrogen-bond acceptors (Lipinski definition) is 3. The second kappa shape index (κ2) is 12.9. The Morgan fingerprint density at radius 1 is 1.26 bits per heavy atom. The number of piperidine rings is 1. The second-order valence-electron chi connectivity index (χ2n) is 8.41. The molecule has 1 unspecified atom stereocenters. The molecule has 0 amide bonds. The van der Waals surface area contributed by atoms with Crippen molar-refractivity contribution in [3.05, 3.63) is 17.0 Å². The monoisotopic (exact) mass is 558 g/mol. The third-order valence-electron chi connectivity index (χ3n) is 5.81. The molecular formula is C21H38F3IN6. The summed E-state index contributed by atoms with van der Waals surface area (Å²) in [6, 6.07) is 0.204. The zero-order chi connectivity index (χ0) is 22.3. The van der Waals surface area contributed by atoms with E-state index in [1.165, 1.54) is 16.2 Å². The molecule has 1 aromatic heterocycles. The van der Waals surface area contributed by atoms with Crippen LogP contribution in [0.3, 0.4) is 0 Å². The standard InChI is InChI=1S/C21H37F3N6.HI/c1-6-25-20(27-15(2)13-19-16(3)28-29(5)17(19)4)26-10-7-18-8-11-30(12-9-18)14-21(22,23)24;/h15,18H,6-14H2,1-5H3,(H2,25,26,27);1H. The molecule has 0 bridgehead atoms. The van der Waals surface area contributed by atoms with Crippen LogP contribution in [0.25, 0.3) is 0 Å². The van der Waals surface area contributed by atoms with E-state index in [-0.39, 0.29) is 30.0 Å². The summed E-state index contributed by atoms with van der Waals surface area (Å²) >= 11 is 0. The number of nitrogens with one attached hydrogen (secondary N) is 2. The van der Waals surface area contributed by atoms with Gasteiger partial charge >= 0.3 is 6.18 Å². The first-order chi connectivity index (χ1) is 14.1. The van der Waals surface area contributed by atoms with E-state index in [0.717, 1.165) is 43.9 Å². The van der Waals surface area contributed by atoms with Gasteiger partial charge in [-0.2, -0.15) is 18.3 Å². The Hall–Kier alpha value is -1.04. The van der Waals surface area contributed by atoms with Crippen LogP contribution in [0.1, 0.15) is 50.1 Å². The number of rotatable bonds is 8. The van der Waals surface area contributed by atoms with Gasteiger partial charge in [0, 0.05) is 31.9 Å². The fourth-order valence-corrected chi connectivity index (χ4v) is 4.07. The molecule has 0 aliphatic carbocycles. The molecule has 1 aliphatic rings. The summed E-state index contributed by atoms with van der Waals surface area (Å²) in [6.45, 7) is 10.00. The van der Waals surface area contributed by atoms with Crippen molar-refractivity contribution in [1.82, 2.24) is 25.3 Å². The average Bonchev–Trinajstić information content (AvgIpc) is 2.88. The number of aryl methyl sites for hydroxylation is 2. The van der Waals surface area contributed by atoms with Crippen LogP contribution in [0.5, 0.6) is 0 Å². The molecule has 10 heteroatoms. The fourth-order valence-electron chi connectivity index (χ4n) is 4.07. The van der Waals surface area contributed by atoms with Gasteiger partial charge in [0.05, 0.1) is 12.2 Å². The summed E-state index contributed by atoms with van der Waals surface area (Å²) in [5.74, 6) is 1.23. The third kappa shape index (κ3) is 9.55. The molecule has 0 saturated carbocycles. The van der Waals surface area contributed by atoms with Crippen LogP contribution >= 0.6 is 24.0 Å². The van der Waals surface area contributed by atoms with Crippen molar-refractivity contribution in [2.45, 2.75) is 65.6 Å². The first-order valence-corrected chi connectivity index (χ1v) is 10.9. The van der Waals surface area contributed by atoms with E-state index < -0.39 is 12.7 Å². The molecule has 1 saturated heterocycles. The molecule has 180 valence electrons. The molecule has 2 N–H and O–H groups in total. The first-order valence-electron chi connectivity index (χ1n) is 10.9. The van der Waals surface area contributed by atoms with Gasteiger partial charge < -0.3 is 10.6 Å². The highest BCUT2D eigenvalue weighted by Gasteiger charge is 2.32. The topological polar surface area (TPSA) is 57.5 Å². The minimum absolute atomic E-state index is 0. The number of guanidine groups is 1. The van der Waals surface area contributed by atoms with Gasteiger partial charge in [-0.05, 0) is 77.9 Å². The summed E-state index contributed by atoms with van der Waals surface area (Å²) in [7, 11) is 1.96. The van der Waals surface area contributed by atoms with Crippen molar-refractivity contribution in [3.8, 4) is 0 Å². The van der Waals surface area contributed by atoms with Gasteiger partial charge in [-0.15, -0.1) is 24.0 Å². The van der Waals surface area contributed by atoms with Crippen molar-refractivity contribution < 1.29 is 13.2 Å². The normalized spacial score (nSPS) is 17.4. The number of halogens is 4. The first kappa shape index (κ1) is 28.0. The highest BCUT2D eigenvalue weighted by molar-refractivity contribution is 14.0. The highest BCUT2D eigenvalue weighted by atomic mass is 127. The minimum atomic E-state index is -4.10. The van der Waals surface area contributed by atoms with Gasteiger partial charge in [0.2, 0.25) is 0 Å². The average molecular weight is 558 g/mol. The van der Waals surface area contributed by atoms with Crippen molar-refractivity contribution >= 4 is 29.9 Å². The van der Waals surface area contributed by atoms with Crippen LogP contribution in [-0.2, 0) is 13.5 Å². The van der Waals surface area contributed by atoms with E-state index in [0.29, 0.717) is 25.6 Å². The molecule has 1 aliphatic heterocycles.